The Labute approximate surface area is 126 Å². The summed E-state index contributed by atoms with van der Waals surface area (Å²) in [4.78, 5) is 16.0. The second-order valence-electron chi connectivity index (χ2n) is 4.33. The lowest BCUT2D eigenvalue weighted by Crippen LogP contribution is -2.17. The number of anilines is 1. The van der Waals surface area contributed by atoms with Crippen LogP contribution in [0.2, 0.25) is 5.02 Å². The van der Waals surface area contributed by atoms with Gasteiger partial charge in [0.05, 0.1) is 5.02 Å². The number of benzene rings is 1. The summed E-state index contributed by atoms with van der Waals surface area (Å²) in [6, 6.07) is 8.20. The van der Waals surface area contributed by atoms with Gasteiger partial charge in [-0.15, -0.1) is 0 Å². The molecule has 0 unspecified atom stereocenters. The molecule has 2 aromatic rings. The minimum Gasteiger partial charge on any atom is -0.409 e. The van der Waals surface area contributed by atoms with Gasteiger partial charge in [0.1, 0.15) is 5.69 Å². The number of nitrogens with two attached hydrogens (primary N) is 1. The molecule has 0 atom stereocenters. The van der Waals surface area contributed by atoms with Crippen LogP contribution in [0.15, 0.2) is 41.7 Å². The molecule has 21 heavy (non-hydrogen) atoms. The van der Waals surface area contributed by atoms with Crippen LogP contribution in [-0.4, -0.2) is 21.9 Å². The van der Waals surface area contributed by atoms with Gasteiger partial charge in [0.15, 0.2) is 5.84 Å². The number of amides is 1. The van der Waals surface area contributed by atoms with E-state index in [1.807, 2.05) is 6.92 Å². The third kappa shape index (κ3) is 3.49. The number of pyridine rings is 1. The average molecular weight is 305 g/mol. The van der Waals surface area contributed by atoms with Crippen LogP contribution in [0.1, 0.15) is 21.6 Å². The van der Waals surface area contributed by atoms with Crippen LogP contribution < -0.4 is 11.1 Å². The molecule has 0 aliphatic rings. The Hall–Kier alpha value is -2.60. The molecule has 0 spiro atoms. The van der Waals surface area contributed by atoms with Crippen LogP contribution in [0.25, 0.3) is 0 Å². The molecule has 0 aliphatic heterocycles. The number of aromatic nitrogens is 1. The van der Waals surface area contributed by atoms with Crippen LogP contribution in [-0.2, 0) is 0 Å². The quantitative estimate of drug-likeness (QED) is 0.351. The van der Waals surface area contributed by atoms with Gasteiger partial charge in [-0.3, -0.25) is 4.79 Å². The van der Waals surface area contributed by atoms with E-state index in [9.17, 15) is 4.79 Å². The highest BCUT2D eigenvalue weighted by atomic mass is 35.5. The van der Waals surface area contributed by atoms with Gasteiger partial charge in [-0.2, -0.15) is 0 Å². The molecular weight excluding hydrogens is 292 g/mol. The summed E-state index contributed by atoms with van der Waals surface area (Å²) >= 11 is 5.73. The lowest BCUT2D eigenvalue weighted by molar-refractivity contribution is 0.102. The van der Waals surface area contributed by atoms with Crippen molar-refractivity contribution in [3.05, 3.63) is 58.4 Å². The molecule has 108 valence electrons. The number of hydrogen-bond donors (Lipinski definition) is 3. The third-order valence-corrected chi connectivity index (χ3v) is 3.07. The van der Waals surface area contributed by atoms with Crippen LogP contribution in [0.3, 0.4) is 0 Å². The summed E-state index contributed by atoms with van der Waals surface area (Å²) < 4.78 is 0. The second-order valence-corrected chi connectivity index (χ2v) is 4.77. The zero-order valence-corrected chi connectivity index (χ0v) is 11.9. The summed E-state index contributed by atoms with van der Waals surface area (Å²) in [5, 5.41) is 14.8. The molecule has 1 amide bonds. The van der Waals surface area contributed by atoms with E-state index in [-0.39, 0.29) is 17.4 Å². The molecule has 1 heterocycles. The summed E-state index contributed by atoms with van der Waals surface area (Å²) in [6.45, 7) is 1.83. The normalized spacial score (nSPS) is 11.2. The highest BCUT2D eigenvalue weighted by Crippen LogP contribution is 2.18. The Kier molecular flexibility index (Phi) is 4.39. The predicted molar refractivity (Wildman–Crippen MR) is 80.9 cm³/mol. The number of aryl methyl sites for hydroxylation is 1. The van der Waals surface area contributed by atoms with Gasteiger partial charge < -0.3 is 16.3 Å². The monoisotopic (exact) mass is 304 g/mol. The summed E-state index contributed by atoms with van der Waals surface area (Å²) in [5.41, 5.74) is 7.67. The molecular formula is C14H13ClN4O2. The Morgan fingerprint density at radius 2 is 2.14 bits per heavy atom. The van der Waals surface area contributed by atoms with E-state index in [0.717, 1.165) is 5.56 Å². The molecule has 2 rings (SSSR count). The summed E-state index contributed by atoms with van der Waals surface area (Å²) in [6.07, 6.45) is 1.40. The number of carbonyl (C=O) groups is 1. The van der Waals surface area contributed by atoms with Crippen molar-refractivity contribution in [3.8, 4) is 0 Å². The Bertz CT molecular complexity index is 699. The average Bonchev–Trinajstić information content (AvgIpc) is 2.49. The first-order chi connectivity index (χ1) is 10.0. The Morgan fingerprint density at radius 3 is 2.76 bits per heavy atom. The predicted octanol–water partition coefficient (Wildman–Crippen LogP) is 2.39. The number of oxime groups is 1. The molecule has 0 bridgehead atoms. The lowest BCUT2D eigenvalue weighted by atomic mass is 10.1. The number of amidine groups is 1. The van der Waals surface area contributed by atoms with Gasteiger partial charge in [0.2, 0.25) is 0 Å². The number of rotatable bonds is 3. The van der Waals surface area contributed by atoms with E-state index in [0.29, 0.717) is 16.3 Å². The van der Waals surface area contributed by atoms with E-state index < -0.39 is 0 Å². The number of halogens is 1. The van der Waals surface area contributed by atoms with Crippen molar-refractivity contribution >= 4 is 29.0 Å². The Balaban J connectivity index is 2.26. The van der Waals surface area contributed by atoms with Gasteiger partial charge in [0, 0.05) is 17.4 Å². The SMILES string of the molecule is Cc1ccc(C(N)=NO)cc1NC(=O)c1ccc(Cl)cn1. The molecule has 7 heteroatoms. The van der Waals surface area contributed by atoms with Gasteiger partial charge in [0.25, 0.3) is 5.91 Å². The summed E-state index contributed by atoms with van der Waals surface area (Å²) in [7, 11) is 0. The van der Waals surface area contributed by atoms with Crippen LogP contribution in [0.4, 0.5) is 5.69 Å². The largest absolute Gasteiger partial charge is 0.409 e. The van der Waals surface area contributed by atoms with Crippen molar-refractivity contribution in [3.63, 3.8) is 0 Å². The fourth-order valence-electron chi connectivity index (χ4n) is 1.67. The van der Waals surface area contributed by atoms with E-state index >= 15 is 0 Å². The number of nitrogens with zero attached hydrogens (tertiary/aromatic N) is 2. The van der Waals surface area contributed by atoms with E-state index in [2.05, 4.69) is 15.5 Å². The number of hydrogen-bond acceptors (Lipinski definition) is 4. The van der Waals surface area contributed by atoms with Crippen LogP contribution in [0, 0.1) is 6.92 Å². The molecule has 0 radical (unpaired) electrons. The molecule has 1 aromatic carbocycles. The first-order valence-corrected chi connectivity index (χ1v) is 6.40. The number of nitrogens with one attached hydrogen (secondary N) is 1. The maximum atomic E-state index is 12.1. The van der Waals surface area contributed by atoms with Crippen molar-refractivity contribution in [1.29, 1.82) is 0 Å². The number of carbonyl (C=O) groups excluding carboxylic acids is 1. The van der Waals surface area contributed by atoms with Gasteiger partial charge in [-0.1, -0.05) is 28.9 Å². The van der Waals surface area contributed by atoms with Crippen molar-refractivity contribution < 1.29 is 10.0 Å². The summed E-state index contributed by atoms with van der Waals surface area (Å²) in [5.74, 6) is -0.401. The topological polar surface area (TPSA) is 101 Å². The second kappa shape index (κ2) is 6.23. The standard InChI is InChI=1S/C14H13ClN4O2/c1-8-2-3-9(13(16)19-21)6-12(8)18-14(20)11-5-4-10(15)7-17-11/h2-7,21H,1H3,(H2,16,19)(H,18,20). The molecule has 0 aliphatic carbocycles. The van der Waals surface area contributed by atoms with Crippen molar-refractivity contribution in [2.24, 2.45) is 10.9 Å². The zero-order valence-electron chi connectivity index (χ0n) is 11.2. The fraction of sp³-hybridized carbons (Fsp3) is 0.0714. The molecule has 6 nitrogen and oxygen atoms in total. The van der Waals surface area contributed by atoms with Gasteiger partial charge in [-0.05, 0) is 30.7 Å². The van der Waals surface area contributed by atoms with Crippen molar-refractivity contribution in [2.45, 2.75) is 6.92 Å². The van der Waals surface area contributed by atoms with E-state index in [1.165, 1.54) is 12.3 Å². The maximum absolute atomic E-state index is 12.1. The molecule has 0 saturated carbocycles. The van der Waals surface area contributed by atoms with Gasteiger partial charge in [-0.25, -0.2) is 4.98 Å². The van der Waals surface area contributed by atoms with E-state index in [1.54, 1.807) is 24.3 Å². The first-order valence-electron chi connectivity index (χ1n) is 6.02. The van der Waals surface area contributed by atoms with Crippen LogP contribution in [0.5, 0.6) is 0 Å². The molecule has 4 N–H and O–H groups in total. The third-order valence-electron chi connectivity index (χ3n) is 2.85. The smallest absolute Gasteiger partial charge is 0.274 e. The van der Waals surface area contributed by atoms with Gasteiger partial charge >= 0.3 is 0 Å². The maximum Gasteiger partial charge on any atom is 0.274 e. The molecule has 0 fully saturated rings. The zero-order chi connectivity index (χ0) is 15.4. The fourth-order valence-corrected chi connectivity index (χ4v) is 1.78. The van der Waals surface area contributed by atoms with E-state index in [4.69, 9.17) is 22.5 Å². The Morgan fingerprint density at radius 1 is 1.38 bits per heavy atom. The molecule has 0 saturated heterocycles. The highest BCUT2D eigenvalue weighted by molar-refractivity contribution is 6.30. The lowest BCUT2D eigenvalue weighted by Gasteiger charge is -2.10. The molecule has 1 aromatic heterocycles. The highest BCUT2D eigenvalue weighted by Gasteiger charge is 2.10. The minimum atomic E-state index is -0.369. The van der Waals surface area contributed by atoms with Crippen LogP contribution >= 0.6 is 11.6 Å². The first kappa shape index (κ1) is 14.8. The van der Waals surface area contributed by atoms with Crippen molar-refractivity contribution in [1.82, 2.24) is 4.98 Å². The van der Waals surface area contributed by atoms with Crippen molar-refractivity contribution in [2.75, 3.05) is 5.32 Å². The minimum absolute atomic E-state index is 0.0323.